The minimum Gasteiger partial charge on any atom is -0.411 e. The van der Waals surface area contributed by atoms with Crippen molar-refractivity contribution in [3.05, 3.63) is 35.3 Å². The van der Waals surface area contributed by atoms with Gasteiger partial charge in [-0.2, -0.15) is 0 Å². The molecule has 2 aromatic heterocycles. The van der Waals surface area contributed by atoms with Crippen molar-refractivity contribution < 1.29 is 9.21 Å². The van der Waals surface area contributed by atoms with E-state index in [9.17, 15) is 4.79 Å². The first kappa shape index (κ1) is 17.6. The fraction of sp³-hybridized carbons (Fsp3) is 0.312. The monoisotopic (exact) mass is 375 g/mol. The van der Waals surface area contributed by atoms with E-state index in [0.29, 0.717) is 16.2 Å². The number of hydrogen-bond donors (Lipinski definition) is 1. The second-order valence-electron chi connectivity index (χ2n) is 6.24. The summed E-state index contributed by atoms with van der Waals surface area (Å²) in [5.41, 5.74) is 0.752. The predicted octanol–water partition coefficient (Wildman–Crippen LogP) is 3.62. The second-order valence-corrected chi connectivity index (χ2v) is 8.14. The summed E-state index contributed by atoms with van der Waals surface area (Å²) in [6.45, 7) is 6.15. The summed E-state index contributed by atoms with van der Waals surface area (Å²) in [6.07, 6.45) is 0. The van der Waals surface area contributed by atoms with Gasteiger partial charge in [-0.15, -0.1) is 20.4 Å². The predicted molar refractivity (Wildman–Crippen MR) is 97.7 cm³/mol. The molecule has 1 amide bonds. The highest BCUT2D eigenvalue weighted by Crippen LogP contribution is 2.28. The number of benzene rings is 1. The molecule has 2 heterocycles. The molecule has 0 unspecified atom stereocenters. The van der Waals surface area contributed by atoms with Crippen molar-refractivity contribution in [2.45, 2.75) is 31.4 Å². The van der Waals surface area contributed by atoms with Gasteiger partial charge in [0.1, 0.15) is 5.01 Å². The molecule has 0 atom stereocenters. The Morgan fingerprint density at radius 2 is 1.92 bits per heavy atom. The molecule has 0 aliphatic heterocycles. The quantitative estimate of drug-likeness (QED) is 0.681. The Kier molecular flexibility index (Phi) is 5.14. The molecule has 0 saturated carbocycles. The van der Waals surface area contributed by atoms with Gasteiger partial charge in [0.15, 0.2) is 0 Å². The molecule has 1 aromatic carbocycles. The molecule has 0 spiro atoms. The van der Waals surface area contributed by atoms with Crippen LogP contribution in [0.4, 0.5) is 5.13 Å². The van der Waals surface area contributed by atoms with Crippen LogP contribution in [0.25, 0.3) is 11.5 Å². The van der Waals surface area contributed by atoms with E-state index in [-0.39, 0.29) is 17.1 Å². The topological polar surface area (TPSA) is 93.8 Å². The van der Waals surface area contributed by atoms with E-state index in [2.05, 4.69) is 46.5 Å². The van der Waals surface area contributed by atoms with Gasteiger partial charge in [-0.3, -0.25) is 10.1 Å². The molecule has 0 aliphatic carbocycles. The maximum absolute atomic E-state index is 12.0. The highest BCUT2D eigenvalue weighted by Gasteiger charge is 2.20. The third kappa shape index (κ3) is 4.64. The van der Waals surface area contributed by atoms with Gasteiger partial charge in [-0.25, -0.2) is 0 Å². The Morgan fingerprint density at radius 3 is 2.60 bits per heavy atom. The molecule has 0 radical (unpaired) electrons. The minimum atomic E-state index is -0.193. The van der Waals surface area contributed by atoms with Gasteiger partial charge in [-0.1, -0.05) is 62.1 Å². The molecule has 130 valence electrons. The largest absolute Gasteiger partial charge is 0.411 e. The van der Waals surface area contributed by atoms with Crippen LogP contribution in [0.2, 0.25) is 0 Å². The molecule has 9 heteroatoms. The van der Waals surface area contributed by atoms with Gasteiger partial charge in [0.25, 0.3) is 5.22 Å². The standard InChI is InChI=1S/C16H17N5O2S2/c1-16(2,3)13-19-20-14(25-13)17-11(22)9-24-15-21-18-12(23-15)10-7-5-4-6-8-10/h4-8H,9H2,1-3H3,(H,17,20,22). The van der Waals surface area contributed by atoms with Crippen molar-refractivity contribution in [2.24, 2.45) is 0 Å². The number of nitrogens with zero attached hydrogens (tertiary/aromatic N) is 4. The molecule has 0 fully saturated rings. The van der Waals surface area contributed by atoms with Gasteiger partial charge in [0.2, 0.25) is 16.9 Å². The molecule has 3 aromatic rings. The number of nitrogens with one attached hydrogen (secondary N) is 1. The first-order chi connectivity index (χ1) is 11.9. The summed E-state index contributed by atoms with van der Waals surface area (Å²) in [7, 11) is 0. The number of carbonyl (C=O) groups is 1. The highest BCUT2D eigenvalue weighted by molar-refractivity contribution is 7.99. The van der Waals surface area contributed by atoms with E-state index in [4.69, 9.17) is 4.42 Å². The first-order valence-electron chi connectivity index (χ1n) is 7.57. The molecule has 0 saturated heterocycles. The Labute approximate surface area is 153 Å². The number of rotatable bonds is 5. The van der Waals surface area contributed by atoms with Crippen LogP contribution in [-0.4, -0.2) is 32.1 Å². The Balaban J connectivity index is 1.54. The zero-order chi connectivity index (χ0) is 17.9. The zero-order valence-corrected chi connectivity index (χ0v) is 15.6. The smallest absolute Gasteiger partial charge is 0.277 e. The summed E-state index contributed by atoms with van der Waals surface area (Å²) in [6, 6.07) is 9.48. The minimum absolute atomic E-state index is 0.0903. The van der Waals surface area contributed by atoms with Gasteiger partial charge >= 0.3 is 0 Å². The summed E-state index contributed by atoms with van der Waals surface area (Å²) in [5.74, 6) is 0.393. The molecule has 0 bridgehead atoms. The van der Waals surface area contributed by atoms with Gasteiger partial charge in [-0.05, 0) is 12.1 Å². The first-order valence-corrected chi connectivity index (χ1v) is 9.37. The average molecular weight is 375 g/mol. The van der Waals surface area contributed by atoms with Crippen molar-refractivity contribution in [1.82, 2.24) is 20.4 Å². The van der Waals surface area contributed by atoms with E-state index in [1.54, 1.807) is 0 Å². The van der Waals surface area contributed by atoms with E-state index in [0.717, 1.165) is 10.6 Å². The Hall–Kier alpha value is -2.26. The number of carbonyl (C=O) groups excluding carboxylic acids is 1. The van der Waals surface area contributed by atoms with Crippen molar-refractivity contribution in [1.29, 1.82) is 0 Å². The van der Waals surface area contributed by atoms with Crippen LogP contribution in [0.5, 0.6) is 0 Å². The van der Waals surface area contributed by atoms with Crippen LogP contribution < -0.4 is 5.32 Å². The number of aromatic nitrogens is 4. The van der Waals surface area contributed by atoms with Crippen molar-refractivity contribution in [3.8, 4) is 11.5 Å². The van der Waals surface area contributed by atoms with Crippen molar-refractivity contribution in [2.75, 3.05) is 11.1 Å². The number of hydrogen-bond acceptors (Lipinski definition) is 8. The van der Waals surface area contributed by atoms with Crippen LogP contribution in [0.1, 0.15) is 25.8 Å². The normalized spacial score (nSPS) is 11.5. The zero-order valence-electron chi connectivity index (χ0n) is 14.0. The summed E-state index contributed by atoms with van der Waals surface area (Å²) in [4.78, 5) is 12.0. The highest BCUT2D eigenvalue weighted by atomic mass is 32.2. The van der Waals surface area contributed by atoms with Crippen LogP contribution >= 0.6 is 23.1 Å². The lowest BCUT2D eigenvalue weighted by Crippen LogP contribution is -2.13. The lowest BCUT2D eigenvalue weighted by Gasteiger charge is -2.12. The van der Waals surface area contributed by atoms with E-state index in [1.165, 1.54) is 23.1 Å². The third-order valence-corrected chi connectivity index (χ3v) is 5.15. The van der Waals surface area contributed by atoms with E-state index < -0.39 is 0 Å². The summed E-state index contributed by atoms with van der Waals surface area (Å²) in [5, 5.41) is 20.5. The van der Waals surface area contributed by atoms with Gasteiger partial charge in [0.05, 0.1) is 5.75 Å². The van der Waals surface area contributed by atoms with Crippen LogP contribution in [0.3, 0.4) is 0 Å². The van der Waals surface area contributed by atoms with Crippen LogP contribution in [0, 0.1) is 0 Å². The van der Waals surface area contributed by atoms with Crippen molar-refractivity contribution >= 4 is 34.1 Å². The molecular weight excluding hydrogens is 358 g/mol. The number of thioether (sulfide) groups is 1. The molecule has 7 nitrogen and oxygen atoms in total. The fourth-order valence-electron chi connectivity index (χ4n) is 1.82. The third-order valence-electron chi connectivity index (χ3n) is 3.07. The van der Waals surface area contributed by atoms with E-state index in [1.807, 2.05) is 30.3 Å². The van der Waals surface area contributed by atoms with Crippen LogP contribution in [0.15, 0.2) is 40.0 Å². The Morgan fingerprint density at radius 1 is 1.16 bits per heavy atom. The van der Waals surface area contributed by atoms with Crippen molar-refractivity contribution in [3.63, 3.8) is 0 Å². The second kappa shape index (κ2) is 7.32. The van der Waals surface area contributed by atoms with Gasteiger partial charge < -0.3 is 4.42 Å². The molecule has 1 N–H and O–H groups in total. The van der Waals surface area contributed by atoms with Gasteiger partial charge in [0, 0.05) is 11.0 Å². The molecule has 3 rings (SSSR count). The summed E-state index contributed by atoms with van der Waals surface area (Å²) < 4.78 is 5.55. The van der Waals surface area contributed by atoms with Crippen LogP contribution in [-0.2, 0) is 10.2 Å². The average Bonchev–Trinajstić information content (AvgIpc) is 3.23. The maximum atomic E-state index is 12.0. The fourth-order valence-corrected chi connectivity index (χ4v) is 3.21. The number of anilines is 1. The SMILES string of the molecule is CC(C)(C)c1nnc(NC(=O)CSc2nnc(-c3ccccc3)o2)s1. The lowest BCUT2D eigenvalue weighted by molar-refractivity contribution is -0.113. The number of amides is 1. The van der Waals surface area contributed by atoms with E-state index >= 15 is 0 Å². The molecule has 25 heavy (non-hydrogen) atoms. The maximum Gasteiger partial charge on any atom is 0.277 e. The lowest BCUT2D eigenvalue weighted by atomic mass is 9.98. The molecule has 0 aliphatic rings. The molecular formula is C16H17N5O2S2. The Bertz CT molecular complexity index is 855. The summed E-state index contributed by atoms with van der Waals surface area (Å²) >= 11 is 2.56.